The van der Waals surface area contributed by atoms with Gasteiger partial charge in [-0.2, -0.15) is 0 Å². The Bertz CT molecular complexity index is 662. The number of ether oxygens (including phenoxy) is 1. The van der Waals surface area contributed by atoms with Gasteiger partial charge in [0.1, 0.15) is 11.6 Å². The fraction of sp³-hybridized carbons (Fsp3) is 0.0714. The van der Waals surface area contributed by atoms with Gasteiger partial charge >= 0.3 is 0 Å². The molecule has 2 aromatic rings. The number of nitrogen functional groups attached to an aromatic ring is 1. The summed E-state index contributed by atoms with van der Waals surface area (Å²) in [5.74, 6) is -0.653. The van der Waals surface area contributed by atoms with E-state index in [0.29, 0.717) is 15.9 Å². The number of benzene rings is 2. The average molecular weight is 339 g/mol. The summed E-state index contributed by atoms with van der Waals surface area (Å²) < 4.78 is 19.4. The van der Waals surface area contributed by atoms with Gasteiger partial charge in [0.05, 0.1) is 18.4 Å². The highest BCUT2D eigenvalue weighted by Gasteiger charge is 2.14. The van der Waals surface area contributed by atoms with Crippen molar-refractivity contribution in [3.05, 3.63) is 52.3 Å². The summed E-state index contributed by atoms with van der Waals surface area (Å²) in [5.41, 5.74) is 6.40. The Kier molecular flexibility index (Phi) is 4.24. The maximum absolute atomic E-state index is 13.7. The zero-order valence-electron chi connectivity index (χ0n) is 10.6. The lowest BCUT2D eigenvalue weighted by Gasteiger charge is -2.10. The summed E-state index contributed by atoms with van der Waals surface area (Å²) in [7, 11) is 1.45. The van der Waals surface area contributed by atoms with Crippen LogP contribution in [0.5, 0.6) is 5.75 Å². The highest BCUT2D eigenvalue weighted by Crippen LogP contribution is 2.24. The van der Waals surface area contributed by atoms with E-state index in [1.165, 1.54) is 25.3 Å². The van der Waals surface area contributed by atoms with Gasteiger partial charge < -0.3 is 15.8 Å². The Labute approximate surface area is 123 Å². The molecule has 20 heavy (non-hydrogen) atoms. The molecule has 0 atom stereocenters. The van der Waals surface area contributed by atoms with Crippen LogP contribution in [0.4, 0.5) is 15.8 Å². The van der Waals surface area contributed by atoms with Crippen molar-refractivity contribution in [2.45, 2.75) is 0 Å². The highest BCUT2D eigenvalue weighted by molar-refractivity contribution is 9.10. The van der Waals surface area contributed by atoms with Gasteiger partial charge in [-0.3, -0.25) is 4.79 Å². The smallest absolute Gasteiger partial charge is 0.259 e. The largest absolute Gasteiger partial charge is 0.496 e. The number of nitrogens with one attached hydrogen (secondary N) is 1. The molecule has 0 spiro atoms. The number of amides is 1. The Morgan fingerprint density at radius 3 is 2.70 bits per heavy atom. The molecule has 0 unspecified atom stereocenters. The summed E-state index contributed by atoms with van der Waals surface area (Å²) in [6, 6.07) is 9.06. The van der Waals surface area contributed by atoms with Crippen LogP contribution in [0.2, 0.25) is 0 Å². The fourth-order valence-electron chi connectivity index (χ4n) is 1.68. The van der Waals surface area contributed by atoms with Crippen molar-refractivity contribution in [1.82, 2.24) is 0 Å². The van der Waals surface area contributed by atoms with Gasteiger partial charge in [-0.15, -0.1) is 0 Å². The van der Waals surface area contributed by atoms with Crippen molar-refractivity contribution < 1.29 is 13.9 Å². The van der Waals surface area contributed by atoms with E-state index in [0.717, 1.165) is 0 Å². The summed E-state index contributed by atoms with van der Waals surface area (Å²) in [4.78, 5) is 12.2. The van der Waals surface area contributed by atoms with Crippen LogP contribution in [0.3, 0.4) is 0 Å². The Morgan fingerprint density at radius 2 is 2.05 bits per heavy atom. The first kappa shape index (κ1) is 14.3. The molecule has 0 heterocycles. The molecule has 0 aromatic heterocycles. The quantitative estimate of drug-likeness (QED) is 0.842. The molecule has 0 radical (unpaired) electrons. The van der Waals surface area contributed by atoms with Gasteiger partial charge in [0, 0.05) is 10.2 Å². The second-order valence-corrected chi connectivity index (χ2v) is 4.95. The number of carbonyl (C=O) groups excluding carboxylic acids is 1. The van der Waals surface area contributed by atoms with Crippen LogP contribution in [0, 0.1) is 5.82 Å². The average Bonchev–Trinajstić information content (AvgIpc) is 2.41. The first-order chi connectivity index (χ1) is 9.51. The Hall–Kier alpha value is -2.08. The predicted octanol–water partition coefficient (Wildman–Crippen LogP) is 3.43. The summed E-state index contributed by atoms with van der Waals surface area (Å²) in [6.45, 7) is 0. The van der Waals surface area contributed by atoms with Crippen molar-refractivity contribution in [3.63, 3.8) is 0 Å². The summed E-state index contributed by atoms with van der Waals surface area (Å²) in [5, 5.41) is 2.49. The van der Waals surface area contributed by atoms with E-state index in [9.17, 15) is 9.18 Å². The molecule has 4 nitrogen and oxygen atoms in total. The third kappa shape index (κ3) is 3.08. The molecule has 104 valence electrons. The summed E-state index contributed by atoms with van der Waals surface area (Å²) >= 11 is 3.15. The first-order valence-corrected chi connectivity index (χ1v) is 6.50. The van der Waals surface area contributed by atoms with E-state index in [4.69, 9.17) is 10.5 Å². The van der Waals surface area contributed by atoms with E-state index < -0.39 is 11.7 Å². The Morgan fingerprint density at radius 1 is 1.30 bits per heavy atom. The van der Waals surface area contributed by atoms with E-state index in [2.05, 4.69) is 21.2 Å². The fourth-order valence-corrected chi connectivity index (χ4v) is 2.02. The molecule has 6 heteroatoms. The van der Waals surface area contributed by atoms with Crippen LogP contribution in [0.1, 0.15) is 10.4 Å². The van der Waals surface area contributed by atoms with Crippen LogP contribution in [-0.2, 0) is 0 Å². The molecule has 0 aliphatic carbocycles. The van der Waals surface area contributed by atoms with E-state index >= 15 is 0 Å². The molecular formula is C14H12BrFN2O2. The maximum atomic E-state index is 13.7. The minimum absolute atomic E-state index is 0.0858. The van der Waals surface area contributed by atoms with Crippen LogP contribution >= 0.6 is 15.9 Å². The van der Waals surface area contributed by atoms with Gasteiger partial charge in [0.2, 0.25) is 0 Å². The number of halogens is 2. The third-order valence-electron chi connectivity index (χ3n) is 2.65. The molecular weight excluding hydrogens is 327 g/mol. The van der Waals surface area contributed by atoms with E-state index in [1.807, 2.05) is 0 Å². The van der Waals surface area contributed by atoms with Crippen molar-refractivity contribution in [3.8, 4) is 5.75 Å². The number of anilines is 2. The third-order valence-corrected chi connectivity index (χ3v) is 3.14. The van der Waals surface area contributed by atoms with Gasteiger partial charge in [0.15, 0.2) is 0 Å². The first-order valence-electron chi connectivity index (χ1n) is 5.71. The zero-order valence-corrected chi connectivity index (χ0v) is 12.2. The highest BCUT2D eigenvalue weighted by atomic mass is 79.9. The van der Waals surface area contributed by atoms with Gasteiger partial charge in [-0.1, -0.05) is 15.9 Å². The van der Waals surface area contributed by atoms with Gasteiger partial charge in [-0.05, 0) is 36.4 Å². The molecule has 0 fully saturated rings. The van der Waals surface area contributed by atoms with Gasteiger partial charge in [-0.25, -0.2) is 4.39 Å². The normalized spacial score (nSPS) is 10.2. The lowest BCUT2D eigenvalue weighted by Crippen LogP contribution is -2.14. The predicted molar refractivity (Wildman–Crippen MR) is 79.5 cm³/mol. The monoisotopic (exact) mass is 338 g/mol. The van der Waals surface area contributed by atoms with Gasteiger partial charge in [0.25, 0.3) is 5.91 Å². The van der Waals surface area contributed by atoms with Crippen LogP contribution in [0.15, 0.2) is 40.9 Å². The van der Waals surface area contributed by atoms with Crippen molar-refractivity contribution >= 4 is 33.2 Å². The van der Waals surface area contributed by atoms with Crippen molar-refractivity contribution in [2.24, 2.45) is 0 Å². The molecule has 2 aromatic carbocycles. The second-order valence-electron chi connectivity index (χ2n) is 4.04. The molecule has 0 saturated heterocycles. The number of hydrogen-bond acceptors (Lipinski definition) is 3. The lowest BCUT2D eigenvalue weighted by atomic mass is 10.1. The van der Waals surface area contributed by atoms with Crippen molar-refractivity contribution in [1.29, 1.82) is 0 Å². The van der Waals surface area contributed by atoms with Crippen molar-refractivity contribution in [2.75, 3.05) is 18.2 Å². The number of nitrogens with two attached hydrogens (primary N) is 1. The van der Waals surface area contributed by atoms with E-state index in [-0.39, 0.29) is 11.3 Å². The molecule has 3 N–H and O–H groups in total. The Balaban J connectivity index is 2.30. The molecule has 0 saturated carbocycles. The summed E-state index contributed by atoms with van der Waals surface area (Å²) in [6.07, 6.45) is 0. The molecule has 0 aliphatic rings. The zero-order chi connectivity index (χ0) is 14.7. The molecule has 2 rings (SSSR count). The molecule has 0 bridgehead atoms. The maximum Gasteiger partial charge on any atom is 0.259 e. The van der Waals surface area contributed by atoms with Crippen LogP contribution < -0.4 is 15.8 Å². The topological polar surface area (TPSA) is 64.3 Å². The SMILES string of the molecule is COc1ccc(N)cc1C(=O)Nc1ccc(Br)cc1F. The second kappa shape index (κ2) is 5.92. The minimum atomic E-state index is -0.532. The molecule has 1 amide bonds. The molecule has 0 aliphatic heterocycles. The number of rotatable bonds is 3. The number of carbonyl (C=O) groups is 1. The minimum Gasteiger partial charge on any atom is -0.496 e. The van der Waals surface area contributed by atoms with Crippen LogP contribution in [0.25, 0.3) is 0 Å². The lowest BCUT2D eigenvalue weighted by molar-refractivity contribution is 0.102. The number of methoxy groups -OCH3 is 1. The van der Waals surface area contributed by atoms with Crippen LogP contribution in [-0.4, -0.2) is 13.0 Å². The standard InChI is InChI=1S/C14H12BrFN2O2/c1-20-13-5-3-9(17)7-10(13)14(19)18-12-4-2-8(15)6-11(12)16/h2-7H,17H2,1H3,(H,18,19). The number of hydrogen-bond donors (Lipinski definition) is 2. The van der Waals surface area contributed by atoms with E-state index in [1.54, 1.807) is 18.2 Å².